The summed E-state index contributed by atoms with van der Waals surface area (Å²) in [4.78, 5) is 6.39. The highest BCUT2D eigenvalue weighted by molar-refractivity contribution is 5.37. The quantitative estimate of drug-likeness (QED) is 0.750. The van der Waals surface area contributed by atoms with Crippen LogP contribution in [0.1, 0.15) is 5.56 Å². The van der Waals surface area contributed by atoms with Crippen LogP contribution in [-0.4, -0.2) is 42.9 Å². The largest absolute Gasteiger partial charge is 0.346 e. The number of nitrogens with one attached hydrogen (secondary N) is 1. The molecule has 1 fully saturated rings. The summed E-state index contributed by atoms with van der Waals surface area (Å²) in [6, 6.07) is 4.02. The number of aryl methyl sites for hydroxylation is 1. The van der Waals surface area contributed by atoms with Crippen LogP contribution in [0.25, 0.3) is 0 Å². The summed E-state index contributed by atoms with van der Waals surface area (Å²) in [6.07, 6.45) is 2.27. The van der Waals surface area contributed by atoms with Crippen LogP contribution in [0.4, 0.5) is 5.82 Å². The molecule has 0 aliphatic carbocycles. The topological polar surface area (TPSA) is 40.7 Å². The molecule has 0 spiro atoms. The van der Waals surface area contributed by atoms with E-state index in [1.807, 2.05) is 39.3 Å². The Morgan fingerprint density at radius 2 is 2.27 bits per heavy atom. The van der Waals surface area contributed by atoms with E-state index >= 15 is 0 Å². The summed E-state index contributed by atoms with van der Waals surface area (Å²) >= 11 is 0. The van der Waals surface area contributed by atoms with Crippen molar-refractivity contribution < 1.29 is 4.74 Å². The first-order valence-electron chi connectivity index (χ1n) is 5.14. The van der Waals surface area contributed by atoms with Crippen LogP contribution in [0.15, 0.2) is 18.3 Å². The molecule has 15 heavy (non-hydrogen) atoms. The van der Waals surface area contributed by atoms with Crippen LogP contribution in [0.2, 0.25) is 0 Å². The van der Waals surface area contributed by atoms with Gasteiger partial charge in [-0.3, -0.25) is 0 Å². The van der Waals surface area contributed by atoms with Crippen LogP contribution in [0.5, 0.6) is 0 Å². The van der Waals surface area contributed by atoms with Crippen molar-refractivity contribution in [2.24, 2.45) is 0 Å². The second-order valence-corrected chi connectivity index (χ2v) is 4.22. The Labute approximate surface area is 90.3 Å². The summed E-state index contributed by atoms with van der Waals surface area (Å²) in [5.41, 5.74) is 1.17. The van der Waals surface area contributed by atoms with E-state index < -0.39 is 0 Å². The van der Waals surface area contributed by atoms with Crippen LogP contribution < -0.4 is 5.32 Å². The number of nitrogens with zero attached hydrogens (tertiary/aromatic N) is 2. The van der Waals surface area contributed by atoms with Gasteiger partial charge in [0.25, 0.3) is 0 Å². The van der Waals surface area contributed by atoms with Crippen molar-refractivity contribution in [1.82, 2.24) is 9.88 Å². The SMILES string of the molecule is Cc1ccc(NC2OC2CN(C)C)nc1. The second kappa shape index (κ2) is 4.16. The van der Waals surface area contributed by atoms with Gasteiger partial charge in [0.1, 0.15) is 11.9 Å². The lowest BCUT2D eigenvalue weighted by molar-refractivity contribution is 0.316. The number of aromatic nitrogens is 1. The minimum Gasteiger partial charge on any atom is -0.346 e. The van der Waals surface area contributed by atoms with Crippen molar-refractivity contribution in [1.29, 1.82) is 0 Å². The second-order valence-electron chi connectivity index (χ2n) is 4.22. The molecule has 0 aromatic carbocycles. The Hall–Kier alpha value is -1.13. The van der Waals surface area contributed by atoms with Crippen LogP contribution in [0.3, 0.4) is 0 Å². The smallest absolute Gasteiger partial charge is 0.157 e. The maximum absolute atomic E-state index is 5.47. The summed E-state index contributed by atoms with van der Waals surface area (Å²) in [7, 11) is 4.09. The van der Waals surface area contributed by atoms with Gasteiger partial charge in [-0.2, -0.15) is 0 Å². The molecule has 0 bridgehead atoms. The van der Waals surface area contributed by atoms with Gasteiger partial charge in [-0.05, 0) is 32.6 Å². The minimum absolute atomic E-state index is 0.127. The first-order chi connectivity index (χ1) is 7.15. The van der Waals surface area contributed by atoms with Crippen molar-refractivity contribution in [2.75, 3.05) is 26.0 Å². The van der Waals surface area contributed by atoms with Gasteiger partial charge in [-0.25, -0.2) is 4.98 Å². The van der Waals surface area contributed by atoms with E-state index in [0.717, 1.165) is 12.4 Å². The van der Waals surface area contributed by atoms with E-state index in [0.29, 0.717) is 6.10 Å². The number of anilines is 1. The van der Waals surface area contributed by atoms with Crippen LogP contribution >= 0.6 is 0 Å². The Balaban J connectivity index is 1.82. The molecule has 1 aromatic rings. The molecule has 1 saturated heterocycles. The van der Waals surface area contributed by atoms with E-state index in [1.54, 1.807) is 0 Å². The number of hydrogen-bond acceptors (Lipinski definition) is 4. The van der Waals surface area contributed by atoms with E-state index in [4.69, 9.17) is 4.74 Å². The third-order valence-corrected chi connectivity index (χ3v) is 2.33. The van der Waals surface area contributed by atoms with Gasteiger partial charge in [-0.1, -0.05) is 6.07 Å². The monoisotopic (exact) mass is 207 g/mol. The molecule has 2 rings (SSSR count). The Morgan fingerprint density at radius 3 is 2.87 bits per heavy atom. The third-order valence-electron chi connectivity index (χ3n) is 2.33. The molecule has 2 unspecified atom stereocenters. The normalized spacial score (nSPS) is 24.3. The lowest BCUT2D eigenvalue weighted by Crippen LogP contribution is -2.21. The van der Waals surface area contributed by atoms with Gasteiger partial charge in [0.2, 0.25) is 0 Å². The van der Waals surface area contributed by atoms with E-state index in [1.165, 1.54) is 5.56 Å². The number of ether oxygens (including phenoxy) is 1. The predicted molar refractivity (Wildman–Crippen MR) is 59.8 cm³/mol. The van der Waals surface area contributed by atoms with Gasteiger partial charge in [0, 0.05) is 12.7 Å². The molecule has 2 atom stereocenters. The molecule has 0 amide bonds. The van der Waals surface area contributed by atoms with Gasteiger partial charge >= 0.3 is 0 Å². The van der Waals surface area contributed by atoms with Gasteiger partial charge in [-0.15, -0.1) is 0 Å². The van der Waals surface area contributed by atoms with Crippen molar-refractivity contribution >= 4 is 5.82 Å². The zero-order valence-corrected chi connectivity index (χ0v) is 9.40. The average molecular weight is 207 g/mol. The fourth-order valence-corrected chi connectivity index (χ4v) is 1.47. The lowest BCUT2D eigenvalue weighted by atomic mass is 10.3. The molecule has 1 N–H and O–H groups in total. The number of rotatable bonds is 4. The molecular formula is C11H17N3O. The molecular weight excluding hydrogens is 190 g/mol. The van der Waals surface area contributed by atoms with Gasteiger partial charge < -0.3 is 15.0 Å². The molecule has 82 valence electrons. The fourth-order valence-electron chi connectivity index (χ4n) is 1.47. The maximum atomic E-state index is 5.47. The number of hydrogen-bond donors (Lipinski definition) is 1. The fraction of sp³-hybridized carbons (Fsp3) is 0.545. The molecule has 1 aliphatic rings. The summed E-state index contributed by atoms with van der Waals surface area (Å²) < 4.78 is 5.47. The standard InChI is InChI=1S/C11H17N3O/c1-8-4-5-10(12-6-8)13-11-9(15-11)7-14(2)3/h4-6,9,11H,7H2,1-3H3,(H,12,13). The highest BCUT2D eigenvalue weighted by Crippen LogP contribution is 2.23. The summed E-state index contributed by atoms with van der Waals surface area (Å²) in [5, 5.41) is 3.24. The van der Waals surface area contributed by atoms with Gasteiger partial charge in [0.05, 0.1) is 0 Å². The number of epoxide rings is 1. The molecule has 1 aromatic heterocycles. The van der Waals surface area contributed by atoms with Crippen molar-refractivity contribution in [3.05, 3.63) is 23.9 Å². The molecule has 2 heterocycles. The lowest BCUT2D eigenvalue weighted by Gasteiger charge is -2.06. The molecule has 0 saturated carbocycles. The first kappa shape index (κ1) is 10.4. The van der Waals surface area contributed by atoms with E-state index in [2.05, 4.69) is 15.2 Å². The van der Waals surface area contributed by atoms with Gasteiger partial charge in [0.15, 0.2) is 6.23 Å². The van der Waals surface area contributed by atoms with Crippen molar-refractivity contribution in [2.45, 2.75) is 19.3 Å². The highest BCUT2D eigenvalue weighted by Gasteiger charge is 2.39. The minimum atomic E-state index is 0.127. The molecule has 0 radical (unpaired) electrons. The van der Waals surface area contributed by atoms with Crippen molar-refractivity contribution in [3.63, 3.8) is 0 Å². The molecule has 4 nitrogen and oxygen atoms in total. The summed E-state index contributed by atoms with van der Waals surface area (Å²) in [5.74, 6) is 0.881. The molecule has 1 aliphatic heterocycles. The van der Waals surface area contributed by atoms with Crippen molar-refractivity contribution in [3.8, 4) is 0 Å². The summed E-state index contributed by atoms with van der Waals surface area (Å²) in [6.45, 7) is 2.97. The predicted octanol–water partition coefficient (Wildman–Crippen LogP) is 1.09. The van der Waals surface area contributed by atoms with E-state index in [-0.39, 0.29) is 6.23 Å². The Kier molecular flexibility index (Phi) is 2.88. The zero-order chi connectivity index (χ0) is 10.8. The average Bonchev–Trinajstić information content (AvgIpc) is 2.87. The Morgan fingerprint density at radius 1 is 1.47 bits per heavy atom. The molecule has 4 heteroatoms. The number of likely N-dealkylation sites (N-methyl/N-ethyl adjacent to an activating group) is 1. The first-order valence-corrected chi connectivity index (χ1v) is 5.14. The van der Waals surface area contributed by atoms with Crippen LogP contribution in [-0.2, 0) is 4.74 Å². The number of pyridine rings is 1. The third kappa shape index (κ3) is 2.91. The van der Waals surface area contributed by atoms with E-state index in [9.17, 15) is 0 Å². The zero-order valence-electron chi connectivity index (χ0n) is 9.40. The Bertz CT molecular complexity index is 323. The highest BCUT2D eigenvalue weighted by atomic mass is 16.6. The van der Waals surface area contributed by atoms with Crippen LogP contribution in [0, 0.1) is 6.92 Å². The maximum Gasteiger partial charge on any atom is 0.157 e.